The maximum absolute atomic E-state index is 10.0. The van der Waals surface area contributed by atoms with Gasteiger partial charge in [0.1, 0.15) is 0 Å². The van der Waals surface area contributed by atoms with Crippen LogP contribution >= 0.6 is 79.4 Å². The molecule has 3 unspecified atom stereocenters. The van der Waals surface area contributed by atoms with Crippen LogP contribution in [0.25, 0.3) is 22.0 Å². The molecule has 0 amide bonds. The number of rotatable bonds is 6. The van der Waals surface area contributed by atoms with Crippen LogP contribution in [-0.2, 0) is 3.61 Å². The predicted molar refractivity (Wildman–Crippen MR) is 141 cm³/mol. The zero-order valence-corrected chi connectivity index (χ0v) is 22.4. The first-order valence-electron chi connectivity index (χ1n) is 8.52. The van der Waals surface area contributed by atoms with E-state index in [1.165, 1.54) is 0 Å². The van der Waals surface area contributed by atoms with Gasteiger partial charge in [-0.1, -0.05) is 69.8 Å². The van der Waals surface area contributed by atoms with Crippen molar-refractivity contribution in [1.82, 2.24) is 15.0 Å². The van der Waals surface area contributed by atoms with Gasteiger partial charge in [-0.25, -0.2) is 9.97 Å². The molecule has 5 nitrogen and oxygen atoms in total. The van der Waals surface area contributed by atoms with E-state index in [4.69, 9.17) is 11.6 Å². The fourth-order valence-corrected chi connectivity index (χ4v) is 5.75. The van der Waals surface area contributed by atoms with Crippen LogP contribution in [0.3, 0.4) is 0 Å². The first kappa shape index (κ1) is 22.6. The lowest BCUT2D eigenvalue weighted by molar-refractivity contribution is 0.168. The van der Waals surface area contributed by atoms with Crippen LogP contribution in [0.4, 0.5) is 5.69 Å². The van der Waals surface area contributed by atoms with Crippen LogP contribution in [-0.4, -0.2) is 28.0 Å². The van der Waals surface area contributed by atoms with Crippen LogP contribution in [0, 0.1) is 0 Å². The van der Waals surface area contributed by atoms with Gasteiger partial charge in [0, 0.05) is 33.5 Å². The number of nitrogens with one attached hydrogen (secondary N) is 1. The van der Waals surface area contributed by atoms with Gasteiger partial charge >= 0.3 is 0 Å². The third-order valence-corrected chi connectivity index (χ3v) is 6.15. The maximum atomic E-state index is 10.0. The Balaban J connectivity index is 2.01. The second-order valence-corrected chi connectivity index (χ2v) is 12.7. The molecule has 0 saturated carbocycles. The number of anilines is 1. The quantitative estimate of drug-likeness (QED) is 0.176. The molecule has 2 N–H and O–H groups in total. The van der Waals surface area contributed by atoms with Crippen molar-refractivity contribution in [3.63, 3.8) is 0 Å². The first-order valence-corrected chi connectivity index (χ1v) is 12.5. The number of halogens is 4. The Morgan fingerprint density at radius 1 is 1.14 bits per heavy atom. The Morgan fingerprint density at radius 2 is 1.82 bits per heavy atom. The molecule has 0 radical (unpaired) electrons. The zero-order chi connectivity index (χ0) is 20.5. The van der Waals surface area contributed by atoms with E-state index in [-0.39, 0.29) is 4.05 Å². The molecule has 0 fully saturated rings. The van der Waals surface area contributed by atoms with Crippen molar-refractivity contribution in [3.05, 3.63) is 47.6 Å². The molecular formula is C19H18ClI3N4O. The van der Waals surface area contributed by atoms with Crippen molar-refractivity contribution in [2.24, 2.45) is 0 Å². The molecule has 2 heterocycles. The van der Waals surface area contributed by atoms with Crippen LogP contribution < -0.4 is 5.32 Å². The van der Waals surface area contributed by atoms with E-state index < -0.39 is 3.61 Å². The molecule has 0 spiro atoms. The van der Waals surface area contributed by atoms with E-state index in [0.717, 1.165) is 34.1 Å². The Morgan fingerprint density at radius 3 is 2.43 bits per heavy atom. The average molecular weight is 735 g/mol. The summed E-state index contributed by atoms with van der Waals surface area (Å²) in [5.74, 6) is 0.380. The fraction of sp³-hybridized carbons (Fsp3) is 0.316. The maximum Gasteiger partial charge on any atom is 0.172 e. The van der Waals surface area contributed by atoms with Gasteiger partial charge in [0.25, 0.3) is 0 Å². The monoisotopic (exact) mass is 734 g/mol. The number of benzene rings is 1. The summed E-state index contributed by atoms with van der Waals surface area (Å²) in [5.41, 5.74) is 3.59. The van der Waals surface area contributed by atoms with Crippen LogP contribution in [0.5, 0.6) is 0 Å². The van der Waals surface area contributed by atoms with Gasteiger partial charge < -0.3 is 10.4 Å². The SMILES string of the molecule is CC(I)CC(I)Nc1c(Cl)cnc2ccc(-c3cnc(C(C)(O)I)nc3)cc12. The van der Waals surface area contributed by atoms with E-state index in [9.17, 15) is 5.11 Å². The lowest BCUT2D eigenvalue weighted by Crippen LogP contribution is -2.15. The second-order valence-electron chi connectivity index (χ2n) is 6.59. The van der Waals surface area contributed by atoms with Crippen LogP contribution in [0.2, 0.25) is 5.02 Å². The highest BCUT2D eigenvalue weighted by atomic mass is 127. The van der Waals surface area contributed by atoms with Gasteiger partial charge in [-0.3, -0.25) is 4.98 Å². The summed E-state index contributed by atoms with van der Waals surface area (Å²) in [4.78, 5) is 13.0. The van der Waals surface area contributed by atoms with E-state index in [1.54, 1.807) is 25.5 Å². The molecule has 9 heteroatoms. The van der Waals surface area contributed by atoms with Crippen molar-refractivity contribution in [2.75, 3.05) is 5.32 Å². The standard InChI is InChI=1S/C19H18ClI3N4O/c1-10(21)5-16(22)27-17-13-6-11(3-4-15(13)24-9-14(17)20)12-7-25-18(26-8-12)19(2,23)28/h3-4,6-10,16,28H,5H2,1-2H3,(H,24,27). The summed E-state index contributed by atoms with van der Waals surface area (Å²) in [6, 6.07) is 6.01. The number of aromatic nitrogens is 3. The second kappa shape index (κ2) is 9.40. The summed E-state index contributed by atoms with van der Waals surface area (Å²) < 4.78 is -0.288. The number of hydrogen-bond donors (Lipinski definition) is 2. The molecule has 0 bridgehead atoms. The number of hydrogen-bond acceptors (Lipinski definition) is 5. The van der Waals surface area contributed by atoms with Gasteiger partial charge in [0.2, 0.25) is 0 Å². The zero-order valence-electron chi connectivity index (χ0n) is 15.1. The van der Waals surface area contributed by atoms with Crippen molar-refractivity contribution in [3.8, 4) is 11.1 Å². The Labute approximate surface area is 209 Å². The van der Waals surface area contributed by atoms with E-state index in [1.807, 2.05) is 40.8 Å². The molecular weight excluding hydrogens is 716 g/mol. The molecule has 2 aromatic heterocycles. The molecule has 0 aliphatic rings. The van der Waals surface area contributed by atoms with Crippen LogP contribution in [0.1, 0.15) is 26.1 Å². The lowest BCUT2D eigenvalue weighted by atomic mass is 10.0. The van der Waals surface area contributed by atoms with Gasteiger partial charge in [-0.2, -0.15) is 0 Å². The third kappa shape index (κ3) is 5.55. The molecule has 28 heavy (non-hydrogen) atoms. The Kier molecular flexibility index (Phi) is 7.59. The predicted octanol–water partition coefficient (Wildman–Crippen LogP) is 6.33. The van der Waals surface area contributed by atoms with E-state index in [0.29, 0.717) is 14.8 Å². The molecule has 0 aliphatic heterocycles. The number of nitrogens with zero attached hydrogens (tertiary/aromatic N) is 3. The summed E-state index contributed by atoms with van der Waals surface area (Å²) in [6.07, 6.45) is 6.15. The minimum atomic E-state index is -1.10. The van der Waals surface area contributed by atoms with Crippen molar-refractivity contribution in [2.45, 2.75) is 31.8 Å². The topological polar surface area (TPSA) is 70.9 Å². The number of aliphatic hydroxyl groups is 1. The molecule has 3 atom stereocenters. The minimum absolute atomic E-state index is 0.254. The van der Waals surface area contributed by atoms with Gasteiger partial charge in [-0.15, -0.1) is 0 Å². The van der Waals surface area contributed by atoms with Gasteiger partial charge in [-0.05, 0) is 53.6 Å². The highest BCUT2D eigenvalue weighted by Gasteiger charge is 2.21. The van der Waals surface area contributed by atoms with Gasteiger partial charge in [0.15, 0.2) is 9.43 Å². The molecule has 3 aromatic rings. The summed E-state index contributed by atoms with van der Waals surface area (Å²) in [7, 11) is 0. The largest absolute Gasteiger partial charge is 0.373 e. The van der Waals surface area contributed by atoms with Gasteiger partial charge in [0.05, 0.1) is 20.3 Å². The van der Waals surface area contributed by atoms with Crippen LogP contribution in [0.15, 0.2) is 36.8 Å². The van der Waals surface area contributed by atoms with Crippen molar-refractivity contribution >= 4 is 96.0 Å². The average Bonchev–Trinajstić information content (AvgIpc) is 2.62. The summed E-state index contributed by atoms with van der Waals surface area (Å²) in [5, 5.41) is 15.1. The fourth-order valence-electron chi connectivity index (χ4n) is 2.71. The van der Waals surface area contributed by atoms with E-state index in [2.05, 4.69) is 72.4 Å². The normalized spacial score (nSPS) is 15.8. The smallest absolute Gasteiger partial charge is 0.172 e. The third-order valence-electron chi connectivity index (χ3n) is 4.05. The number of alkyl halides is 3. The molecule has 0 aliphatic carbocycles. The molecule has 148 valence electrons. The lowest BCUT2D eigenvalue weighted by Gasteiger charge is -2.18. The molecule has 0 saturated heterocycles. The number of pyridine rings is 1. The Hall–Kier alpha value is -0.0500. The summed E-state index contributed by atoms with van der Waals surface area (Å²) >= 11 is 13.2. The van der Waals surface area contributed by atoms with Crippen molar-refractivity contribution < 1.29 is 5.11 Å². The Bertz CT molecular complexity index is 977. The number of fused-ring (bicyclic) bond motifs is 1. The van der Waals surface area contributed by atoms with E-state index >= 15 is 0 Å². The van der Waals surface area contributed by atoms with Crippen molar-refractivity contribution in [1.29, 1.82) is 0 Å². The molecule has 1 aromatic carbocycles. The minimum Gasteiger partial charge on any atom is -0.373 e. The highest BCUT2D eigenvalue weighted by Crippen LogP contribution is 2.34. The highest BCUT2D eigenvalue weighted by molar-refractivity contribution is 14.1. The summed E-state index contributed by atoms with van der Waals surface area (Å²) in [6.45, 7) is 3.84. The first-order chi connectivity index (χ1) is 13.1. The molecule has 3 rings (SSSR count).